The largest absolute Gasteiger partial charge is 0.477 e. The molecule has 24 heavy (non-hydrogen) atoms. The van der Waals surface area contributed by atoms with E-state index in [2.05, 4.69) is 20.8 Å². The molecule has 5 heteroatoms. The van der Waals surface area contributed by atoms with Crippen LogP contribution in [0.1, 0.15) is 49.8 Å². The first-order chi connectivity index (χ1) is 11.1. The van der Waals surface area contributed by atoms with E-state index in [1.807, 2.05) is 13.0 Å². The topological polar surface area (TPSA) is 83.2 Å². The summed E-state index contributed by atoms with van der Waals surface area (Å²) >= 11 is 0. The lowest BCUT2D eigenvalue weighted by Gasteiger charge is -2.31. The molecule has 1 aromatic heterocycles. The fourth-order valence-electron chi connectivity index (χ4n) is 2.38. The minimum Gasteiger partial charge on any atom is -0.477 e. The fraction of sp³-hybridized carbons (Fsp3) is 0.316. The van der Waals surface area contributed by atoms with Crippen LogP contribution in [-0.2, 0) is 0 Å². The third-order valence-corrected chi connectivity index (χ3v) is 4.28. The lowest BCUT2D eigenvalue weighted by atomic mass is 9.87. The van der Waals surface area contributed by atoms with Gasteiger partial charge in [-0.15, -0.1) is 0 Å². The highest BCUT2D eigenvalue weighted by Gasteiger charge is 2.24. The molecule has 0 bridgehead atoms. The molecule has 0 fully saturated rings. The number of aromatic nitrogens is 1. The van der Waals surface area contributed by atoms with Gasteiger partial charge in [0.1, 0.15) is 5.56 Å². The summed E-state index contributed by atoms with van der Waals surface area (Å²) in [7, 11) is 0. The molecule has 0 amide bonds. The molecular formula is C19H22N2O3. The summed E-state index contributed by atoms with van der Waals surface area (Å²) in [6.07, 6.45) is 10.2. The van der Waals surface area contributed by atoms with Crippen molar-refractivity contribution in [3.63, 3.8) is 0 Å². The number of aromatic carboxylic acids is 1. The minimum atomic E-state index is -1.23. The minimum absolute atomic E-state index is 0.0413. The van der Waals surface area contributed by atoms with Gasteiger partial charge in [0.2, 0.25) is 0 Å². The zero-order valence-corrected chi connectivity index (χ0v) is 14.3. The number of hydrogen-bond donors (Lipinski definition) is 2. The van der Waals surface area contributed by atoms with Gasteiger partial charge < -0.3 is 15.1 Å². The highest BCUT2D eigenvalue weighted by atomic mass is 16.4. The summed E-state index contributed by atoms with van der Waals surface area (Å²) in [5.74, 6) is -1.23. The van der Waals surface area contributed by atoms with Crippen LogP contribution in [-0.4, -0.2) is 21.4 Å². The number of pyridine rings is 1. The van der Waals surface area contributed by atoms with Crippen LogP contribution in [0.15, 0.2) is 46.9 Å². The lowest BCUT2D eigenvalue weighted by molar-refractivity contribution is 0.0693. The molecule has 2 rings (SSSR count). The van der Waals surface area contributed by atoms with E-state index in [-0.39, 0.29) is 17.0 Å². The molecule has 0 spiro atoms. The normalized spacial score (nSPS) is 17.3. The van der Waals surface area contributed by atoms with Gasteiger partial charge >= 0.3 is 5.97 Å². The Labute approximate surface area is 141 Å². The highest BCUT2D eigenvalue weighted by molar-refractivity contribution is 6.12. The predicted molar refractivity (Wildman–Crippen MR) is 95.8 cm³/mol. The van der Waals surface area contributed by atoms with Crippen molar-refractivity contribution in [2.75, 3.05) is 0 Å². The van der Waals surface area contributed by atoms with Crippen molar-refractivity contribution in [1.29, 1.82) is 5.41 Å². The van der Waals surface area contributed by atoms with E-state index in [1.165, 1.54) is 12.3 Å². The Bertz CT molecular complexity index is 833. The number of nitrogens with zero attached hydrogens (tertiary/aromatic N) is 1. The summed E-state index contributed by atoms with van der Waals surface area (Å²) in [4.78, 5) is 23.4. The molecule has 1 aliphatic rings. The molecule has 1 atom stereocenters. The van der Waals surface area contributed by atoms with E-state index in [4.69, 9.17) is 5.41 Å². The van der Waals surface area contributed by atoms with E-state index in [0.29, 0.717) is 17.0 Å². The maximum absolute atomic E-state index is 12.1. The Morgan fingerprint density at radius 3 is 2.46 bits per heavy atom. The number of allylic oxidation sites excluding steroid dienone is 5. The van der Waals surface area contributed by atoms with Crippen LogP contribution in [0.3, 0.4) is 0 Å². The molecule has 1 aliphatic carbocycles. The van der Waals surface area contributed by atoms with Crippen LogP contribution in [0.4, 0.5) is 0 Å². The van der Waals surface area contributed by atoms with Gasteiger partial charge in [0.15, 0.2) is 5.43 Å². The third-order valence-electron chi connectivity index (χ3n) is 4.28. The van der Waals surface area contributed by atoms with Gasteiger partial charge in [-0.2, -0.15) is 0 Å². The molecule has 0 radical (unpaired) electrons. The van der Waals surface area contributed by atoms with E-state index < -0.39 is 11.4 Å². The molecule has 0 saturated carbocycles. The van der Waals surface area contributed by atoms with Crippen molar-refractivity contribution in [1.82, 2.24) is 4.57 Å². The summed E-state index contributed by atoms with van der Waals surface area (Å²) in [6, 6.07) is 1.29. The van der Waals surface area contributed by atoms with Gasteiger partial charge in [0, 0.05) is 29.6 Å². The molecule has 0 aromatic carbocycles. The van der Waals surface area contributed by atoms with E-state index in [0.717, 1.165) is 0 Å². The summed E-state index contributed by atoms with van der Waals surface area (Å²) in [6.45, 7) is 8.15. The summed E-state index contributed by atoms with van der Waals surface area (Å²) < 4.78 is 1.80. The molecule has 0 saturated heterocycles. The monoisotopic (exact) mass is 326 g/mol. The van der Waals surface area contributed by atoms with E-state index in [9.17, 15) is 14.7 Å². The quantitative estimate of drug-likeness (QED) is 0.888. The first-order valence-corrected chi connectivity index (χ1v) is 7.76. The Morgan fingerprint density at radius 1 is 1.29 bits per heavy atom. The maximum Gasteiger partial charge on any atom is 0.341 e. The van der Waals surface area contributed by atoms with Gasteiger partial charge in [-0.3, -0.25) is 4.79 Å². The highest BCUT2D eigenvalue weighted by Crippen LogP contribution is 2.31. The average molecular weight is 326 g/mol. The maximum atomic E-state index is 12.1. The van der Waals surface area contributed by atoms with Gasteiger partial charge in [0.05, 0.1) is 5.71 Å². The zero-order chi connectivity index (χ0) is 18.1. The standard InChI is InChI=1S/C19H22N2O3/c1-12(19(2,3)4)21-11-15(18(23)24)17(22)10-14(21)9-13-7-5-6-8-16(13)20/h5-12,20H,1-4H3,(H,23,24)/b13-9+,20-16?. The Kier molecular flexibility index (Phi) is 4.73. The van der Waals surface area contributed by atoms with Crippen LogP contribution in [0.2, 0.25) is 0 Å². The van der Waals surface area contributed by atoms with Crippen molar-refractivity contribution >= 4 is 17.8 Å². The van der Waals surface area contributed by atoms with Crippen LogP contribution >= 0.6 is 0 Å². The van der Waals surface area contributed by atoms with Crippen molar-refractivity contribution in [3.8, 4) is 0 Å². The van der Waals surface area contributed by atoms with Gasteiger partial charge in [0.25, 0.3) is 0 Å². The molecule has 1 heterocycles. The second-order valence-electron chi connectivity index (χ2n) is 6.96. The first-order valence-electron chi connectivity index (χ1n) is 7.76. The van der Waals surface area contributed by atoms with Crippen molar-refractivity contribution in [3.05, 3.63) is 63.6 Å². The van der Waals surface area contributed by atoms with Crippen molar-refractivity contribution < 1.29 is 9.90 Å². The molecular weight excluding hydrogens is 304 g/mol. The molecule has 1 unspecified atom stereocenters. The van der Waals surface area contributed by atoms with Crippen LogP contribution in [0.25, 0.3) is 6.08 Å². The predicted octanol–water partition coefficient (Wildman–Crippen LogP) is 3.68. The van der Waals surface area contributed by atoms with Crippen LogP contribution in [0.5, 0.6) is 0 Å². The summed E-state index contributed by atoms with van der Waals surface area (Å²) in [5.41, 5.74) is 0.702. The number of carbonyl (C=O) groups is 1. The van der Waals surface area contributed by atoms with Gasteiger partial charge in [-0.25, -0.2) is 4.79 Å². The second kappa shape index (κ2) is 6.43. The molecule has 126 valence electrons. The molecule has 5 nitrogen and oxygen atoms in total. The SMILES string of the molecule is CC(n1cc(C(=O)O)c(=O)cc1/C=C1\C=CC=CC1=N)C(C)(C)C. The Morgan fingerprint density at radius 2 is 1.92 bits per heavy atom. The van der Waals surface area contributed by atoms with Gasteiger partial charge in [-0.05, 0) is 24.5 Å². The number of carboxylic acid groups (broad SMARTS) is 1. The number of carboxylic acids is 1. The van der Waals surface area contributed by atoms with Crippen LogP contribution < -0.4 is 5.43 Å². The molecule has 1 aromatic rings. The third kappa shape index (κ3) is 3.62. The summed E-state index contributed by atoms with van der Waals surface area (Å²) in [5, 5.41) is 17.2. The van der Waals surface area contributed by atoms with Crippen molar-refractivity contribution in [2.45, 2.75) is 33.7 Å². The van der Waals surface area contributed by atoms with Crippen molar-refractivity contribution in [2.24, 2.45) is 5.41 Å². The number of nitrogens with one attached hydrogen (secondary N) is 1. The van der Waals surface area contributed by atoms with Crippen LogP contribution in [0, 0.1) is 10.8 Å². The molecule has 0 aliphatic heterocycles. The smallest absolute Gasteiger partial charge is 0.341 e. The Hall–Kier alpha value is -2.69. The molecule has 2 N–H and O–H groups in total. The zero-order valence-electron chi connectivity index (χ0n) is 14.3. The number of rotatable bonds is 3. The fourth-order valence-corrected chi connectivity index (χ4v) is 2.38. The number of hydrogen-bond acceptors (Lipinski definition) is 3. The average Bonchev–Trinajstić information content (AvgIpc) is 2.48. The Balaban J connectivity index is 2.68. The second-order valence-corrected chi connectivity index (χ2v) is 6.96. The van der Waals surface area contributed by atoms with Gasteiger partial charge in [-0.1, -0.05) is 39.0 Å². The lowest BCUT2D eigenvalue weighted by Crippen LogP contribution is -2.27. The van der Waals surface area contributed by atoms with E-state index in [1.54, 1.807) is 28.9 Å². The van der Waals surface area contributed by atoms with E-state index >= 15 is 0 Å². The first kappa shape index (κ1) is 17.7.